The van der Waals surface area contributed by atoms with E-state index in [2.05, 4.69) is 20.6 Å². The number of hydrogen-bond donors (Lipinski definition) is 1. The Labute approximate surface area is 161 Å². The van der Waals surface area contributed by atoms with Gasteiger partial charge >= 0.3 is 6.03 Å². The van der Waals surface area contributed by atoms with Crippen molar-refractivity contribution in [2.24, 2.45) is 7.05 Å². The third-order valence-corrected chi connectivity index (χ3v) is 4.81. The molecule has 3 aromatic rings. The second-order valence-electron chi connectivity index (χ2n) is 6.58. The van der Waals surface area contributed by atoms with Gasteiger partial charge in [-0.05, 0) is 37.1 Å². The molecule has 2 aromatic heterocycles. The molecule has 3 heterocycles. The number of benzene rings is 1. The molecule has 8 nitrogen and oxygen atoms in total. The average molecular weight is 387 g/mol. The van der Waals surface area contributed by atoms with Gasteiger partial charge in [0.1, 0.15) is 0 Å². The summed E-state index contributed by atoms with van der Waals surface area (Å²) in [4.78, 5) is 18.8. The van der Waals surface area contributed by atoms with Crippen LogP contribution in [-0.2, 0) is 7.05 Å². The quantitative estimate of drug-likeness (QED) is 0.743. The number of carbonyl (C=O) groups excluding carboxylic acids is 1. The molecule has 1 aliphatic rings. The van der Waals surface area contributed by atoms with Crippen molar-refractivity contribution in [2.45, 2.75) is 18.8 Å². The first-order valence-corrected chi connectivity index (χ1v) is 9.10. The van der Waals surface area contributed by atoms with Crippen molar-refractivity contribution >= 4 is 23.3 Å². The maximum atomic E-state index is 12.5. The van der Waals surface area contributed by atoms with Gasteiger partial charge in [0.25, 0.3) is 0 Å². The lowest BCUT2D eigenvalue weighted by molar-refractivity contribution is 0.184. The van der Waals surface area contributed by atoms with E-state index in [9.17, 15) is 4.79 Å². The lowest BCUT2D eigenvalue weighted by atomic mass is 9.98. The molecule has 0 aliphatic carbocycles. The molecule has 1 aliphatic heterocycles. The van der Waals surface area contributed by atoms with Crippen LogP contribution in [0, 0.1) is 0 Å². The number of hydrogen-bond acceptors (Lipinski definition) is 5. The summed E-state index contributed by atoms with van der Waals surface area (Å²) in [6, 6.07) is 7.14. The van der Waals surface area contributed by atoms with Crippen LogP contribution in [0.25, 0.3) is 11.4 Å². The van der Waals surface area contributed by atoms with Crippen LogP contribution in [0.2, 0.25) is 5.02 Å². The van der Waals surface area contributed by atoms with Crippen molar-refractivity contribution in [3.63, 3.8) is 0 Å². The van der Waals surface area contributed by atoms with Crippen LogP contribution in [0.15, 0.2) is 41.2 Å². The average Bonchev–Trinajstić information content (AvgIpc) is 3.32. The van der Waals surface area contributed by atoms with E-state index < -0.39 is 0 Å². The van der Waals surface area contributed by atoms with Gasteiger partial charge in [0.2, 0.25) is 11.7 Å². The van der Waals surface area contributed by atoms with Crippen molar-refractivity contribution in [3.8, 4) is 11.4 Å². The Hall–Kier alpha value is -2.87. The van der Waals surface area contributed by atoms with Gasteiger partial charge in [-0.15, -0.1) is 0 Å². The molecular formula is C18H19ClN6O2. The first kappa shape index (κ1) is 17.5. The van der Waals surface area contributed by atoms with Crippen LogP contribution in [0.5, 0.6) is 0 Å². The molecule has 1 atom stereocenters. The third kappa shape index (κ3) is 3.95. The minimum Gasteiger partial charge on any atom is -0.339 e. The molecule has 140 valence electrons. The Balaban J connectivity index is 1.43. The number of aromatic nitrogens is 4. The summed E-state index contributed by atoms with van der Waals surface area (Å²) in [6.07, 6.45) is 5.16. The second-order valence-corrected chi connectivity index (χ2v) is 7.02. The lowest BCUT2D eigenvalue weighted by Crippen LogP contribution is -2.41. The van der Waals surface area contributed by atoms with Crippen molar-refractivity contribution in [1.82, 2.24) is 24.8 Å². The molecule has 1 saturated heterocycles. The number of piperidine rings is 1. The van der Waals surface area contributed by atoms with E-state index in [4.69, 9.17) is 16.1 Å². The molecule has 4 rings (SSSR count). The maximum absolute atomic E-state index is 12.5. The Morgan fingerprint density at radius 1 is 1.33 bits per heavy atom. The predicted octanol–water partition coefficient (Wildman–Crippen LogP) is 3.54. The third-order valence-electron chi connectivity index (χ3n) is 4.56. The van der Waals surface area contributed by atoms with Gasteiger partial charge in [0.15, 0.2) is 0 Å². The van der Waals surface area contributed by atoms with E-state index in [0.717, 1.165) is 18.4 Å². The van der Waals surface area contributed by atoms with Crippen LogP contribution < -0.4 is 5.32 Å². The van der Waals surface area contributed by atoms with Gasteiger partial charge in [-0.25, -0.2) is 4.79 Å². The molecule has 1 unspecified atom stereocenters. The zero-order chi connectivity index (χ0) is 18.8. The Kier molecular flexibility index (Phi) is 4.81. The van der Waals surface area contributed by atoms with Gasteiger partial charge in [-0.2, -0.15) is 10.1 Å². The molecule has 0 bridgehead atoms. The minimum atomic E-state index is -0.148. The van der Waals surface area contributed by atoms with Crippen LogP contribution in [0.1, 0.15) is 24.7 Å². The summed E-state index contributed by atoms with van der Waals surface area (Å²) >= 11 is 5.92. The highest BCUT2D eigenvalue weighted by Gasteiger charge is 2.29. The van der Waals surface area contributed by atoms with Crippen molar-refractivity contribution < 1.29 is 9.32 Å². The zero-order valence-corrected chi connectivity index (χ0v) is 15.6. The number of nitrogens with zero attached hydrogens (tertiary/aromatic N) is 5. The van der Waals surface area contributed by atoms with Crippen LogP contribution in [0.3, 0.4) is 0 Å². The van der Waals surface area contributed by atoms with Crippen molar-refractivity contribution in [2.75, 3.05) is 18.4 Å². The van der Waals surface area contributed by atoms with Crippen LogP contribution >= 0.6 is 11.6 Å². The van der Waals surface area contributed by atoms with Crippen molar-refractivity contribution in [1.29, 1.82) is 0 Å². The number of nitrogens with one attached hydrogen (secondary N) is 1. The fourth-order valence-corrected chi connectivity index (χ4v) is 3.29. The number of anilines is 1. The molecule has 0 radical (unpaired) electrons. The van der Waals surface area contributed by atoms with Gasteiger partial charge in [0, 0.05) is 36.9 Å². The second kappa shape index (κ2) is 7.40. The van der Waals surface area contributed by atoms with E-state index in [1.165, 1.54) is 0 Å². The molecule has 0 saturated carbocycles. The van der Waals surface area contributed by atoms with E-state index >= 15 is 0 Å². The Morgan fingerprint density at radius 2 is 2.15 bits per heavy atom. The summed E-state index contributed by atoms with van der Waals surface area (Å²) in [5.74, 6) is 1.10. The highest BCUT2D eigenvalue weighted by molar-refractivity contribution is 6.30. The largest absolute Gasteiger partial charge is 0.339 e. The number of carbonyl (C=O) groups is 1. The lowest BCUT2D eigenvalue weighted by Gasteiger charge is -2.30. The topological polar surface area (TPSA) is 89.1 Å². The SMILES string of the molecule is Cn1cc(NC(=O)N2CCCC(c3nc(-c4ccc(Cl)cc4)no3)C2)cn1. The molecular weight excluding hydrogens is 368 g/mol. The molecule has 0 spiro atoms. The van der Waals surface area contributed by atoms with E-state index in [1.54, 1.807) is 41.2 Å². The molecule has 2 amide bonds. The number of halogens is 1. The summed E-state index contributed by atoms with van der Waals surface area (Å²) in [6.45, 7) is 1.23. The fourth-order valence-electron chi connectivity index (χ4n) is 3.17. The summed E-state index contributed by atoms with van der Waals surface area (Å²) in [7, 11) is 1.81. The minimum absolute atomic E-state index is 0.0203. The fraction of sp³-hybridized carbons (Fsp3) is 0.333. The zero-order valence-electron chi connectivity index (χ0n) is 14.8. The van der Waals surface area contributed by atoms with Gasteiger partial charge in [-0.3, -0.25) is 4.68 Å². The van der Waals surface area contributed by atoms with Gasteiger partial charge in [0.05, 0.1) is 17.8 Å². The maximum Gasteiger partial charge on any atom is 0.321 e. The molecule has 9 heteroatoms. The van der Waals surface area contributed by atoms with Gasteiger partial charge < -0.3 is 14.7 Å². The standard InChI is InChI=1S/C18H19ClN6O2/c1-24-11-15(9-20-24)21-18(26)25-8-2-3-13(10-25)17-22-16(23-27-17)12-4-6-14(19)7-5-12/h4-7,9,11,13H,2-3,8,10H2,1H3,(H,21,26). The highest BCUT2D eigenvalue weighted by atomic mass is 35.5. The van der Waals surface area contributed by atoms with Gasteiger partial charge in [-0.1, -0.05) is 16.8 Å². The van der Waals surface area contributed by atoms with E-state index in [0.29, 0.717) is 35.5 Å². The molecule has 1 N–H and O–H groups in total. The summed E-state index contributed by atoms with van der Waals surface area (Å²) in [5, 5.41) is 11.7. The molecule has 1 fully saturated rings. The first-order chi connectivity index (χ1) is 13.1. The highest BCUT2D eigenvalue weighted by Crippen LogP contribution is 2.28. The Morgan fingerprint density at radius 3 is 2.89 bits per heavy atom. The first-order valence-electron chi connectivity index (χ1n) is 8.72. The molecule has 27 heavy (non-hydrogen) atoms. The van der Waals surface area contributed by atoms with E-state index in [1.807, 2.05) is 12.1 Å². The summed E-state index contributed by atoms with van der Waals surface area (Å²) in [5.41, 5.74) is 1.52. The number of aryl methyl sites for hydroxylation is 1. The summed E-state index contributed by atoms with van der Waals surface area (Å²) < 4.78 is 7.12. The molecule has 1 aromatic carbocycles. The number of amides is 2. The Bertz CT molecular complexity index is 935. The van der Waals surface area contributed by atoms with E-state index in [-0.39, 0.29) is 11.9 Å². The van der Waals surface area contributed by atoms with Crippen molar-refractivity contribution in [3.05, 3.63) is 47.6 Å². The number of likely N-dealkylation sites (tertiary alicyclic amines) is 1. The number of rotatable bonds is 3. The van der Waals surface area contributed by atoms with Crippen LogP contribution in [0.4, 0.5) is 10.5 Å². The predicted molar refractivity (Wildman–Crippen MR) is 101 cm³/mol. The monoisotopic (exact) mass is 386 g/mol. The van der Waals surface area contributed by atoms with Crippen LogP contribution in [-0.4, -0.2) is 43.9 Å². The normalized spacial score (nSPS) is 17.1. The number of urea groups is 1. The smallest absolute Gasteiger partial charge is 0.321 e.